The van der Waals surface area contributed by atoms with Gasteiger partial charge in [0.2, 0.25) is 5.91 Å². The lowest BCUT2D eigenvalue weighted by atomic mass is 9.86. The molecule has 140 valence electrons. The average Bonchev–Trinajstić information content (AvgIpc) is 2.78. The molecule has 0 bridgehead atoms. The van der Waals surface area contributed by atoms with Crippen LogP contribution in [0.2, 0.25) is 0 Å². The van der Waals surface area contributed by atoms with Gasteiger partial charge in [-0.2, -0.15) is 0 Å². The van der Waals surface area contributed by atoms with Crippen LogP contribution >= 0.6 is 0 Å². The number of azide groups is 1. The largest absolute Gasteiger partial charge is 0.466 e. The lowest BCUT2D eigenvalue weighted by Crippen LogP contribution is -2.36. The van der Waals surface area contributed by atoms with Gasteiger partial charge in [-0.05, 0) is 50.8 Å². The predicted molar refractivity (Wildman–Crippen MR) is 100 cm³/mol. The van der Waals surface area contributed by atoms with Gasteiger partial charge in [-0.25, -0.2) is 0 Å². The maximum atomic E-state index is 12.8. The molecule has 0 saturated carbocycles. The van der Waals surface area contributed by atoms with E-state index in [2.05, 4.69) is 10.0 Å². The number of unbranched alkanes of at least 4 members (excludes halogenated alkanes) is 3. The first-order valence-electron chi connectivity index (χ1n) is 9.09. The van der Waals surface area contributed by atoms with E-state index in [9.17, 15) is 9.59 Å². The molecule has 2 rings (SSSR count). The molecule has 1 aliphatic rings. The van der Waals surface area contributed by atoms with Crippen molar-refractivity contribution in [2.24, 2.45) is 5.11 Å². The lowest BCUT2D eigenvalue weighted by molar-refractivity contribution is -0.143. The fourth-order valence-electron chi connectivity index (χ4n) is 3.30. The van der Waals surface area contributed by atoms with Crippen LogP contribution in [0.3, 0.4) is 0 Å². The number of carbonyl (C=O) groups excluding carboxylic acids is 2. The third kappa shape index (κ3) is 4.35. The standard InChI is InChI=1S/C19H26N4O3/c1-4-26-17(24)9-7-5-6-8-12-23-16-13-14(21-22-20)10-11-15(16)19(2,3)18(23)25/h10-11,13H,4-9,12H2,1-3H3. The number of carbonyl (C=O) groups is 2. The van der Waals surface area contributed by atoms with Gasteiger partial charge in [0.25, 0.3) is 0 Å². The highest BCUT2D eigenvalue weighted by atomic mass is 16.5. The molecule has 0 radical (unpaired) electrons. The molecule has 0 N–H and O–H groups in total. The smallest absolute Gasteiger partial charge is 0.305 e. The first-order valence-corrected chi connectivity index (χ1v) is 9.09. The summed E-state index contributed by atoms with van der Waals surface area (Å²) in [6.45, 7) is 6.68. The van der Waals surface area contributed by atoms with Crippen molar-refractivity contribution >= 4 is 23.3 Å². The summed E-state index contributed by atoms with van der Waals surface area (Å²) in [5, 5.41) is 3.64. The van der Waals surface area contributed by atoms with E-state index in [0.717, 1.165) is 36.9 Å². The van der Waals surface area contributed by atoms with E-state index in [1.54, 1.807) is 24.0 Å². The molecule has 0 atom stereocenters. The molecule has 7 heteroatoms. The Bertz CT molecular complexity index is 723. The van der Waals surface area contributed by atoms with Gasteiger partial charge in [0.15, 0.2) is 0 Å². The number of rotatable bonds is 9. The molecule has 26 heavy (non-hydrogen) atoms. The Balaban J connectivity index is 1.94. The summed E-state index contributed by atoms with van der Waals surface area (Å²) in [5.74, 6) is -0.0828. The molecule has 0 spiro atoms. The maximum Gasteiger partial charge on any atom is 0.305 e. The Morgan fingerprint density at radius 1 is 1.27 bits per heavy atom. The Labute approximate surface area is 153 Å². The molecule has 1 amide bonds. The molecular weight excluding hydrogens is 332 g/mol. The van der Waals surface area contributed by atoms with Crippen LogP contribution < -0.4 is 4.90 Å². The van der Waals surface area contributed by atoms with Gasteiger partial charge in [0, 0.05) is 29.3 Å². The number of hydrogen-bond donors (Lipinski definition) is 0. The summed E-state index contributed by atoms with van der Waals surface area (Å²) in [4.78, 5) is 28.7. The zero-order valence-electron chi connectivity index (χ0n) is 15.7. The number of nitrogens with zero attached hydrogens (tertiary/aromatic N) is 4. The van der Waals surface area contributed by atoms with E-state index in [1.807, 2.05) is 19.9 Å². The van der Waals surface area contributed by atoms with Gasteiger partial charge in [-0.1, -0.05) is 30.1 Å². The quantitative estimate of drug-likeness (QED) is 0.209. The Kier molecular flexibility index (Phi) is 6.64. The summed E-state index contributed by atoms with van der Waals surface area (Å²) >= 11 is 0. The second kappa shape index (κ2) is 8.72. The minimum atomic E-state index is -0.575. The van der Waals surface area contributed by atoms with Crippen LogP contribution in [-0.2, 0) is 19.7 Å². The number of esters is 1. The number of fused-ring (bicyclic) bond motifs is 1. The van der Waals surface area contributed by atoms with Crippen LogP contribution in [0.25, 0.3) is 10.4 Å². The highest BCUT2D eigenvalue weighted by Crippen LogP contribution is 2.43. The van der Waals surface area contributed by atoms with Gasteiger partial charge in [-0.15, -0.1) is 0 Å². The first-order chi connectivity index (χ1) is 12.4. The van der Waals surface area contributed by atoms with Crippen LogP contribution in [0.4, 0.5) is 11.4 Å². The number of hydrogen-bond acceptors (Lipinski definition) is 4. The van der Waals surface area contributed by atoms with Crippen molar-refractivity contribution < 1.29 is 14.3 Å². The van der Waals surface area contributed by atoms with Crippen LogP contribution in [0.15, 0.2) is 23.3 Å². The highest BCUT2D eigenvalue weighted by molar-refractivity contribution is 6.07. The number of amides is 1. The molecule has 1 aromatic rings. The first kappa shape index (κ1) is 19.8. The van der Waals surface area contributed by atoms with E-state index in [0.29, 0.717) is 25.3 Å². The Morgan fingerprint density at radius 3 is 2.69 bits per heavy atom. The predicted octanol–water partition coefficient (Wildman–Crippen LogP) is 4.77. The molecular formula is C19H26N4O3. The summed E-state index contributed by atoms with van der Waals surface area (Å²) in [6.07, 6.45) is 3.97. The second-order valence-electron chi connectivity index (χ2n) is 6.94. The highest BCUT2D eigenvalue weighted by Gasteiger charge is 2.43. The minimum Gasteiger partial charge on any atom is -0.466 e. The van der Waals surface area contributed by atoms with Gasteiger partial charge >= 0.3 is 5.97 Å². The van der Waals surface area contributed by atoms with Crippen molar-refractivity contribution in [3.63, 3.8) is 0 Å². The number of benzene rings is 1. The van der Waals surface area contributed by atoms with Gasteiger partial charge < -0.3 is 9.64 Å². The van der Waals surface area contributed by atoms with Gasteiger partial charge in [0.1, 0.15) is 0 Å². The minimum absolute atomic E-state index is 0.0668. The molecule has 1 aromatic carbocycles. The van der Waals surface area contributed by atoms with Crippen molar-refractivity contribution in [2.75, 3.05) is 18.1 Å². The molecule has 0 aliphatic carbocycles. The van der Waals surface area contributed by atoms with Crippen LogP contribution in [0, 0.1) is 0 Å². The monoisotopic (exact) mass is 358 g/mol. The topological polar surface area (TPSA) is 95.4 Å². The SMILES string of the molecule is CCOC(=O)CCCCCCN1C(=O)C(C)(C)c2ccc(N=[N+]=[N-])cc21. The number of ether oxygens (including phenoxy) is 1. The zero-order valence-corrected chi connectivity index (χ0v) is 15.7. The normalized spacial score (nSPS) is 14.7. The van der Waals surface area contributed by atoms with Crippen molar-refractivity contribution in [3.05, 3.63) is 34.2 Å². The zero-order chi connectivity index (χ0) is 19.2. The van der Waals surface area contributed by atoms with E-state index < -0.39 is 5.41 Å². The number of anilines is 1. The van der Waals surface area contributed by atoms with Crippen molar-refractivity contribution in [1.82, 2.24) is 0 Å². The van der Waals surface area contributed by atoms with Crippen LogP contribution in [-0.4, -0.2) is 25.0 Å². The second-order valence-corrected chi connectivity index (χ2v) is 6.94. The van der Waals surface area contributed by atoms with Gasteiger partial charge in [-0.3, -0.25) is 9.59 Å². The maximum absolute atomic E-state index is 12.8. The molecule has 1 aliphatic heterocycles. The van der Waals surface area contributed by atoms with E-state index >= 15 is 0 Å². The summed E-state index contributed by atoms with van der Waals surface area (Å²) in [7, 11) is 0. The molecule has 7 nitrogen and oxygen atoms in total. The molecule has 0 unspecified atom stereocenters. The molecule has 0 aromatic heterocycles. The fraction of sp³-hybridized carbons (Fsp3) is 0.579. The lowest BCUT2D eigenvalue weighted by Gasteiger charge is -2.20. The average molecular weight is 358 g/mol. The third-order valence-electron chi connectivity index (χ3n) is 4.70. The van der Waals surface area contributed by atoms with E-state index in [4.69, 9.17) is 10.3 Å². The molecule has 1 heterocycles. The summed E-state index contributed by atoms with van der Waals surface area (Å²) in [6, 6.07) is 5.39. The van der Waals surface area contributed by atoms with Crippen LogP contribution in [0.1, 0.15) is 58.4 Å². The van der Waals surface area contributed by atoms with Crippen molar-refractivity contribution in [3.8, 4) is 0 Å². The van der Waals surface area contributed by atoms with Crippen molar-refractivity contribution in [2.45, 2.75) is 58.3 Å². The van der Waals surface area contributed by atoms with E-state index in [1.165, 1.54) is 0 Å². The Morgan fingerprint density at radius 2 is 2.00 bits per heavy atom. The summed E-state index contributed by atoms with van der Waals surface area (Å²) in [5.41, 5.74) is 10.4. The van der Waals surface area contributed by atoms with Crippen LogP contribution in [0.5, 0.6) is 0 Å². The van der Waals surface area contributed by atoms with Gasteiger partial charge in [0.05, 0.1) is 12.0 Å². The fourth-order valence-corrected chi connectivity index (χ4v) is 3.30. The molecule has 0 saturated heterocycles. The Hall–Kier alpha value is -2.53. The van der Waals surface area contributed by atoms with E-state index in [-0.39, 0.29) is 11.9 Å². The van der Waals surface area contributed by atoms with Crippen molar-refractivity contribution in [1.29, 1.82) is 0 Å². The summed E-state index contributed by atoms with van der Waals surface area (Å²) < 4.78 is 4.91. The molecule has 0 fully saturated rings. The third-order valence-corrected chi connectivity index (χ3v) is 4.70.